The lowest BCUT2D eigenvalue weighted by molar-refractivity contribution is -0.157. The normalized spacial score (nSPS) is 19.7. The second kappa shape index (κ2) is 6.63. The Morgan fingerprint density at radius 3 is 2.79 bits per heavy atom. The van der Waals surface area contributed by atoms with Gasteiger partial charge in [0, 0.05) is 6.54 Å². The summed E-state index contributed by atoms with van der Waals surface area (Å²) in [5, 5.41) is 2.28. The number of nitrogens with zero attached hydrogens (tertiary/aromatic N) is 1. The minimum Gasteiger partial charge on any atom is -0.450 e. The molecule has 110 valence electrons. The van der Waals surface area contributed by atoms with Crippen LogP contribution in [0.5, 0.6) is 0 Å². The van der Waals surface area contributed by atoms with Crippen LogP contribution in [-0.2, 0) is 9.53 Å². The molecule has 1 heterocycles. The second-order valence-corrected chi connectivity index (χ2v) is 4.35. The molecule has 1 saturated heterocycles. The number of halogens is 3. The number of likely N-dealkylation sites (tertiary alicyclic amines) is 1. The van der Waals surface area contributed by atoms with Crippen molar-refractivity contribution in [2.45, 2.75) is 38.4 Å². The predicted molar refractivity (Wildman–Crippen MR) is 60.4 cm³/mol. The molecule has 1 unspecified atom stereocenters. The Bertz CT molecular complexity index is 334. The fraction of sp³-hybridized carbons (Fsp3) is 0.818. The van der Waals surface area contributed by atoms with Crippen molar-refractivity contribution in [2.24, 2.45) is 0 Å². The average molecular weight is 282 g/mol. The van der Waals surface area contributed by atoms with Gasteiger partial charge in [0.1, 0.15) is 12.6 Å². The number of alkyl carbamates (subject to hydrolysis) is 1. The van der Waals surface area contributed by atoms with Gasteiger partial charge in [-0.3, -0.25) is 4.79 Å². The molecule has 0 aromatic carbocycles. The Morgan fingerprint density at radius 2 is 2.21 bits per heavy atom. The van der Waals surface area contributed by atoms with Gasteiger partial charge in [0.05, 0.1) is 6.61 Å². The Labute approximate surface area is 109 Å². The first-order chi connectivity index (χ1) is 8.83. The topological polar surface area (TPSA) is 58.6 Å². The first-order valence-electron chi connectivity index (χ1n) is 6.12. The number of alkyl halides is 3. The summed E-state index contributed by atoms with van der Waals surface area (Å²) in [4.78, 5) is 23.6. The van der Waals surface area contributed by atoms with Crippen molar-refractivity contribution < 1.29 is 27.5 Å². The third-order valence-electron chi connectivity index (χ3n) is 2.69. The van der Waals surface area contributed by atoms with E-state index in [1.165, 1.54) is 0 Å². The smallest absolute Gasteiger partial charge is 0.407 e. The maximum Gasteiger partial charge on any atom is 0.407 e. The Kier molecular flexibility index (Phi) is 5.44. The highest BCUT2D eigenvalue weighted by molar-refractivity contribution is 5.87. The van der Waals surface area contributed by atoms with Crippen LogP contribution in [-0.4, -0.2) is 48.8 Å². The maximum atomic E-state index is 12.2. The molecule has 1 aliphatic heterocycles. The van der Waals surface area contributed by atoms with E-state index in [-0.39, 0.29) is 19.6 Å². The molecule has 2 amide bonds. The standard InChI is InChI=1S/C11H17F3N2O3/c1-2-3-6-19-10(18)15-8-4-5-16(9(8)17)7-11(12,13)14/h8H,2-7H2,1H3,(H,15,18). The lowest BCUT2D eigenvalue weighted by Gasteiger charge is -2.18. The number of carbonyl (C=O) groups is 2. The minimum atomic E-state index is -4.42. The summed E-state index contributed by atoms with van der Waals surface area (Å²) in [6.07, 6.45) is -3.47. The number of rotatable bonds is 5. The highest BCUT2D eigenvalue weighted by atomic mass is 19.4. The van der Waals surface area contributed by atoms with Crippen LogP contribution in [0.2, 0.25) is 0 Å². The number of amides is 2. The van der Waals surface area contributed by atoms with E-state index >= 15 is 0 Å². The first-order valence-corrected chi connectivity index (χ1v) is 6.12. The molecule has 0 aromatic heterocycles. The number of hydrogen-bond donors (Lipinski definition) is 1. The minimum absolute atomic E-state index is 0.0156. The molecular weight excluding hydrogens is 265 g/mol. The zero-order valence-corrected chi connectivity index (χ0v) is 10.6. The van der Waals surface area contributed by atoms with E-state index in [1.807, 2.05) is 6.92 Å². The molecule has 19 heavy (non-hydrogen) atoms. The third kappa shape index (κ3) is 5.35. The quantitative estimate of drug-likeness (QED) is 0.780. The molecule has 8 heteroatoms. The molecule has 0 aromatic rings. The third-order valence-corrected chi connectivity index (χ3v) is 2.69. The number of nitrogens with one attached hydrogen (secondary N) is 1. The summed E-state index contributed by atoms with van der Waals surface area (Å²) in [5.41, 5.74) is 0. The average Bonchev–Trinajstić information content (AvgIpc) is 2.60. The van der Waals surface area contributed by atoms with Crippen LogP contribution in [0.25, 0.3) is 0 Å². The van der Waals surface area contributed by atoms with E-state index in [1.54, 1.807) is 0 Å². The molecule has 0 radical (unpaired) electrons. The maximum absolute atomic E-state index is 12.2. The fourth-order valence-corrected chi connectivity index (χ4v) is 1.74. The van der Waals surface area contributed by atoms with Gasteiger partial charge in [-0.1, -0.05) is 13.3 Å². The molecule has 0 spiro atoms. The summed E-state index contributed by atoms with van der Waals surface area (Å²) in [6.45, 7) is 0.861. The summed E-state index contributed by atoms with van der Waals surface area (Å²) in [6, 6.07) is -0.920. The van der Waals surface area contributed by atoms with Gasteiger partial charge in [0.25, 0.3) is 0 Å². The highest BCUT2D eigenvalue weighted by Gasteiger charge is 2.39. The lowest BCUT2D eigenvalue weighted by atomic mass is 10.2. The number of ether oxygens (including phenoxy) is 1. The number of carbonyl (C=O) groups excluding carboxylic acids is 2. The van der Waals surface area contributed by atoms with Crippen LogP contribution in [0.1, 0.15) is 26.2 Å². The fourth-order valence-electron chi connectivity index (χ4n) is 1.74. The SMILES string of the molecule is CCCCOC(=O)NC1CCN(CC(F)(F)F)C1=O. The van der Waals surface area contributed by atoms with Gasteiger partial charge in [0.2, 0.25) is 5.91 Å². The van der Waals surface area contributed by atoms with E-state index in [2.05, 4.69) is 5.32 Å². The van der Waals surface area contributed by atoms with Crippen molar-refractivity contribution in [1.82, 2.24) is 10.2 Å². The van der Waals surface area contributed by atoms with Crippen LogP contribution in [0.4, 0.5) is 18.0 Å². The second-order valence-electron chi connectivity index (χ2n) is 4.35. The van der Waals surface area contributed by atoms with Gasteiger partial charge in [-0.2, -0.15) is 13.2 Å². The van der Waals surface area contributed by atoms with Crippen molar-refractivity contribution in [2.75, 3.05) is 19.7 Å². The van der Waals surface area contributed by atoms with Crippen LogP contribution >= 0.6 is 0 Å². The molecule has 5 nitrogen and oxygen atoms in total. The number of hydrogen-bond acceptors (Lipinski definition) is 3. The summed E-state index contributed by atoms with van der Waals surface area (Å²) in [5.74, 6) is -0.718. The molecule has 0 bridgehead atoms. The van der Waals surface area contributed by atoms with Gasteiger partial charge in [0.15, 0.2) is 0 Å². The molecule has 1 N–H and O–H groups in total. The van der Waals surface area contributed by atoms with Crippen molar-refractivity contribution >= 4 is 12.0 Å². The zero-order valence-electron chi connectivity index (χ0n) is 10.6. The Morgan fingerprint density at radius 1 is 1.53 bits per heavy atom. The van der Waals surface area contributed by atoms with Crippen LogP contribution < -0.4 is 5.32 Å². The van der Waals surface area contributed by atoms with Crippen LogP contribution in [0, 0.1) is 0 Å². The molecule has 1 rings (SSSR count). The van der Waals surface area contributed by atoms with E-state index in [9.17, 15) is 22.8 Å². The van der Waals surface area contributed by atoms with Gasteiger partial charge in [-0.05, 0) is 12.8 Å². The van der Waals surface area contributed by atoms with E-state index < -0.39 is 30.8 Å². The Balaban J connectivity index is 2.37. The summed E-state index contributed by atoms with van der Waals surface area (Å²) in [7, 11) is 0. The van der Waals surface area contributed by atoms with Crippen molar-refractivity contribution in [3.63, 3.8) is 0 Å². The molecule has 1 fully saturated rings. The molecule has 0 saturated carbocycles. The van der Waals surface area contributed by atoms with Crippen molar-refractivity contribution in [1.29, 1.82) is 0 Å². The van der Waals surface area contributed by atoms with Gasteiger partial charge in [-0.15, -0.1) is 0 Å². The highest BCUT2D eigenvalue weighted by Crippen LogP contribution is 2.20. The largest absolute Gasteiger partial charge is 0.450 e. The molecule has 1 aliphatic rings. The summed E-state index contributed by atoms with van der Waals surface area (Å²) >= 11 is 0. The predicted octanol–water partition coefficient (Wildman–Crippen LogP) is 1.68. The van der Waals surface area contributed by atoms with Gasteiger partial charge < -0.3 is 15.0 Å². The lowest BCUT2D eigenvalue weighted by Crippen LogP contribution is -2.44. The number of unbranched alkanes of at least 4 members (excludes halogenated alkanes) is 1. The van der Waals surface area contributed by atoms with Gasteiger partial charge in [-0.25, -0.2) is 4.79 Å². The van der Waals surface area contributed by atoms with Crippen LogP contribution in [0.3, 0.4) is 0 Å². The van der Waals surface area contributed by atoms with Crippen molar-refractivity contribution in [3.8, 4) is 0 Å². The van der Waals surface area contributed by atoms with E-state index in [0.29, 0.717) is 11.3 Å². The van der Waals surface area contributed by atoms with Gasteiger partial charge >= 0.3 is 12.3 Å². The first kappa shape index (κ1) is 15.6. The molecule has 0 aliphatic carbocycles. The van der Waals surface area contributed by atoms with E-state index in [0.717, 1.165) is 6.42 Å². The Hall–Kier alpha value is -1.47. The molecular formula is C11H17F3N2O3. The van der Waals surface area contributed by atoms with Crippen molar-refractivity contribution in [3.05, 3.63) is 0 Å². The monoisotopic (exact) mass is 282 g/mol. The van der Waals surface area contributed by atoms with E-state index in [4.69, 9.17) is 4.74 Å². The zero-order chi connectivity index (χ0) is 14.5. The molecule has 1 atom stereocenters. The summed E-state index contributed by atoms with van der Waals surface area (Å²) < 4.78 is 41.3. The van der Waals surface area contributed by atoms with Crippen LogP contribution in [0.15, 0.2) is 0 Å².